The van der Waals surface area contributed by atoms with Gasteiger partial charge in [0.1, 0.15) is 5.69 Å². The van der Waals surface area contributed by atoms with Crippen molar-refractivity contribution < 1.29 is 9.53 Å². The number of rotatable bonds is 14. The van der Waals surface area contributed by atoms with Crippen molar-refractivity contribution in [1.29, 1.82) is 0 Å². The lowest BCUT2D eigenvalue weighted by Gasteiger charge is -2.22. The van der Waals surface area contributed by atoms with E-state index < -0.39 is 0 Å². The molecule has 0 saturated carbocycles. The third-order valence-corrected chi connectivity index (χ3v) is 7.32. The Hall–Kier alpha value is -2.79. The lowest BCUT2D eigenvalue weighted by atomic mass is 10.00. The number of carbonyl (C=O) groups excluding carboxylic acids is 1. The first-order valence-corrected chi connectivity index (χ1v) is 14.3. The maximum absolute atomic E-state index is 13.9. The van der Waals surface area contributed by atoms with Crippen LogP contribution in [0.2, 0.25) is 10.0 Å². The van der Waals surface area contributed by atoms with Crippen LogP contribution in [0, 0.1) is 0 Å². The molecule has 0 aliphatic rings. The van der Waals surface area contributed by atoms with Crippen molar-refractivity contribution >= 4 is 34.5 Å². The molecule has 0 radical (unpaired) electrons. The van der Waals surface area contributed by atoms with Crippen molar-refractivity contribution in [3.05, 3.63) is 94.2 Å². The molecule has 0 bridgehead atoms. The van der Waals surface area contributed by atoms with Crippen molar-refractivity contribution in [2.75, 3.05) is 26.2 Å². The van der Waals surface area contributed by atoms with Crippen LogP contribution >= 0.6 is 23.2 Å². The van der Waals surface area contributed by atoms with E-state index in [4.69, 9.17) is 27.9 Å². The Kier molecular flexibility index (Phi) is 10.3. The number of hydrogen-bond donors (Lipinski definition) is 0. The number of benzene rings is 2. The molecule has 6 heteroatoms. The molecule has 0 aliphatic carbocycles. The number of ketones is 1. The minimum Gasteiger partial charge on any atom is -0.490 e. The summed E-state index contributed by atoms with van der Waals surface area (Å²) in [6, 6.07) is 21.2. The van der Waals surface area contributed by atoms with E-state index in [1.54, 1.807) is 12.1 Å². The smallest absolute Gasteiger partial charge is 0.210 e. The Labute approximate surface area is 236 Å². The number of ether oxygens (including phenoxy) is 1. The molecule has 0 spiro atoms. The van der Waals surface area contributed by atoms with Gasteiger partial charge in [0.05, 0.1) is 16.7 Å². The molecule has 2 aromatic carbocycles. The fraction of sp³-hybridized carbons (Fsp3) is 0.344. The molecule has 0 amide bonds. The van der Waals surface area contributed by atoms with Gasteiger partial charge in [0.15, 0.2) is 5.75 Å². The summed E-state index contributed by atoms with van der Waals surface area (Å²) in [4.78, 5) is 16.4. The normalized spacial score (nSPS) is 11.4. The number of aromatic nitrogens is 1. The predicted molar refractivity (Wildman–Crippen MR) is 159 cm³/mol. The van der Waals surface area contributed by atoms with E-state index in [1.165, 1.54) is 25.7 Å². The highest BCUT2D eigenvalue weighted by atomic mass is 35.5. The molecule has 0 N–H and O–H groups in total. The van der Waals surface area contributed by atoms with Gasteiger partial charge >= 0.3 is 0 Å². The van der Waals surface area contributed by atoms with Gasteiger partial charge in [0.2, 0.25) is 5.78 Å². The molecular formula is C32H36Cl2N2O2. The highest BCUT2D eigenvalue weighted by molar-refractivity contribution is 6.38. The zero-order valence-electron chi connectivity index (χ0n) is 22.3. The van der Waals surface area contributed by atoms with Crippen molar-refractivity contribution in [3.63, 3.8) is 0 Å². The van der Waals surface area contributed by atoms with Crippen LogP contribution in [0.25, 0.3) is 16.6 Å². The van der Waals surface area contributed by atoms with Crippen molar-refractivity contribution in [2.45, 2.75) is 46.0 Å². The maximum atomic E-state index is 13.9. The van der Waals surface area contributed by atoms with E-state index in [9.17, 15) is 4.79 Å². The Morgan fingerprint density at radius 3 is 2.13 bits per heavy atom. The summed E-state index contributed by atoms with van der Waals surface area (Å²) in [5, 5.41) is 0.689. The summed E-state index contributed by atoms with van der Waals surface area (Å²) in [6.07, 6.45) is 7.60. The number of fused-ring (bicyclic) bond motifs is 1. The summed E-state index contributed by atoms with van der Waals surface area (Å²) in [7, 11) is 0. The van der Waals surface area contributed by atoms with E-state index in [1.807, 2.05) is 65.2 Å². The molecule has 0 aliphatic heterocycles. The zero-order chi connectivity index (χ0) is 26.9. The van der Waals surface area contributed by atoms with Crippen LogP contribution < -0.4 is 4.74 Å². The van der Waals surface area contributed by atoms with Gasteiger partial charge in [-0.15, -0.1) is 0 Å². The first-order valence-electron chi connectivity index (χ1n) is 13.6. The number of unbranched alkanes of at least 4 members (excludes halogenated alkanes) is 2. The SMILES string of the molecule is CCCCN(CCCC)CCCOc1c(Cl)cc(C(=O)c2c(-c3ccccc3)cc3ccccn23)cc1Cl. The molecule has 0 fully saturated rings. The van der Waals surface area contributed by atoms with Crippen LogP contribution in [0.4, 0.5) is 0 Å². The third-order valence-electron chi connectivity index (χ3n) is 6.76. The Morgan fingerprint density at radius 2 is 1.47 bits per heavy atom. The van der Waals surface area contributed by atoms with Crippen LogP contribution in [-0.4, -0.2) is 41.3 Å². The minimum atomic E-state index is -0.145. The predicted octanol–water partition coefficient (Wildman–Crippen LogP) is 8.82. The highest BCUT2D eigenvalue weighted by Gasteiger charge is 2.22. The van der Waals surface area contributed by atoms with Gasteiger partial charge in [0, 0.05) is 29.4 Å². The first kappa shape index (κ1) is 28.2. The van der Waals surface area contributed by atoms with E-state index in [0.29, 0.717) is 33.7 Å². The van der Waals surface area contributed by atoms with Gasteiger partial charge in [-0.2, -0.15) is 0 Å². The fourth-order valence-electron chi connectivity index (χ4n) is 4.72. The van der Waals surface area contributed by atoms with Gasteiger partial charge in [-0.3, -0.25) is 4.79 Å². The van der Waals surface area contributed by atoms with Gasteiger partial charge in [0.25, 0.3) is 0 Å². The van der Waals surface area contributed by atoms with Crippen molar-refractivity contribution in [1.82, 2.24) is 9.30 Å². The summed E-state index contributed by atoms with van der Waals surface area (Å²) < 4.78 is 7.92. The monoisotopic (exact) mass is 550 g/mol. The second-order valence-electron chi connectivity index (χ2n) is 9.62. The van der Waals surface area contributed by atoms with Crippen LogP contribution in [0.3, 0.4) is 0 Å². The number of halogens is 2. The second-order valence-corrected chi connectivity index (χ2v) is 10.4. The second kappa shape index (κ2) is 13.8. The van der Waals surface area contributed by atoms with Gasteiger partial charge < -0.3 is 14.0 Å². The number of hydrogen-bond acceptors (Lipinski definition) is 3. The summed E-state index contributed by atoms with van der Waals surface area (Å²) in [6.45, 7) is 8.18. The van der Waals surface area contributed by atoms with Crippen LogP contribution in [0.1, 0.15) is 62.0 Å². The average Bonchev–Trinajstić information content (AvgIpc) is 3.33. The Balaban J connectivity index is 1.51. The van der Waals surface area contributed by atoms with Gasteiger partial charge in [-0.25, -0.2) is 0 Å². The summed E-state index contributed by atoms with van der Waals surface area (Å²) in [5.41, 5.74) is 3.79. The molecule has 200 valence electrons. The lowest BCUT2D eigenvalue weighted by Crippen LogP contribution is -2.28. The minimum absolute atomic E-state index is 0.145. The van der Waals surface area contributed by atoms with Crippen LogP contribution in [0.5, 0.6) is 5.75 Å². The highest BCUT2D eigenvalue weighted by Crippen LogP contribution is 2.36. The van der Waals surface area contributed by atoms with Crippen molar-refractivity contribution in [3.8, 4) is 16.9 Å². The molecule has 2 heterocycles. The van der Waals surface area contributed by atoms with Crippen molar-refractivity contribution in [2.24, 2.45) is 0 Å². The molecular weight excluding hydrogens is 515 g/mol. The average molecular weight is 552 g/mol. The molecule has 2 aromatic heterocycles. The zero-order valence-corrected chi connectivity index (χ0v) is 23.8. The van der Waals surface area contributed by atoms with Crippen LogP contribution in [0.15, 0.2) is 72.9 Å². The molecule has 0 saturated heterocycles. The molecule has 0 unspecified atom stereocenters. The van der Waals surface area contributed by atoms with E-state index in [0.717, 1.165) is 42.7 Å². The van der Waals surface area contributed by atoms with E-state index in [-0.39, 0.29) is 5.78 Å². The van der Waals surface area contributed by atoms with E-state index in [2.05, 4.69) is 18.7 Å². The molecule has 38 heavy (non-hydrogen) atoms. The van der Waals surface area contributed by atoms with Gasteiger partial charge in [-0.05, 0) is 68.2 Å². The molecule has 0 atom stereocenters. The Bertz CT molecular complexity index is 1320. The number of nitrogens with zero attached hydrogens (tertiary/aromatic N) is 2. The molecule has 4 aromatic rings. The number of carbonyl (C=O) groups is 1. The Morgan fingerprint density at radius 1 is 0.842 bits per heavy atom. The quantitative estimate of drug-likeness (QED) is 0.116. The van der Waals surface area contributed by atoms with Crippen LogP contribution in [-0.2, 0) is 0 Å². The van der Waals surface area contributed by atoms with Gasteiger partial charge in [-0.1, -0.05) is 86.3 Å². The summed E-state index contributed by atoms with van der Waals surface area (Å²) in [5.74, 6) is 0.287. The number of pyridine rings is 1. The summed E-state index contributed by atoms with van der Waals surface area (Å²) >= 11 is 13.2. The molecule has 4 nitrogen and oxygen atoms in total. The largest absolute Gasteiger partial charge is 0.490 e. The third kappa shape index (κ3) is 6.79. The van der Waals surface area contributed by atoms with E-state index >= 15 is 0 Å². The standard InChI is InChI=1S/C32H36Cl2N2O2/c1-3-5-16-35(17-6-4-2)18-12-20-38-32-28(33)21-25(22-29(32)34)31(37)30-27(24-13-8-7-9-14-24)23-26-15-10-11-19-36(26)30/h7-11,13-15,19,21-23H,3-6,12,16-18,20H2,1-2H3. The maximum Gasteiger partial charge on any atom is 0.210 e. The lowest BCUT2D eigenvalue weighted by molar-refractivity contribution is 0.103. The first-order chi connectivity index (χ1) is 18.5. The fourth-order valence-corrected chi connectivity index (χ4v) is 5.32. The molecule has 4 rings (SSSR count). The topological polar surface area (TPSA) is 34.0 Å².